The minimum Gasteiger partial charge on any atom is -0.455 e. The second kappa shape index (κ2) is 6.00. The lowest BCUT2D eigenvalue weighted by atomic mass is 9.48. The van der Waals surface area contributed by atoms with Gasteiger partial charge in [-0.3, -0.25) is 0 Å². The molecule has 0 aromatic carbocycles. The molecule has 26 heavy (non-hydrogen) atoms. The van der Waals surface area contributed by atoms with Crippen molar-refractivity contribution in [1.82, 2.24) is 0 Å². The summed E-state index contributed by atoms with van der Waals surface area (Å²) in [6.07, 6.45) is 6.22. The summed E-state index contributed by atoms with van der Waals surface area (Å²) >= 11 is 0. The molecule has 0 saturated heterocycles. The number of hydrogen-bond acceptors (Lipinski definition) is 2. The number of rotatable bonds is 1. The van der Waals surface area contributed by atoms with Gasteiger partial charge in [0.2, 0.25) is 0 Å². The van der Waals surface area contributed by atoms with Crippen LogP contribution >= 0.6 is 0 Å². The molecule has 3 fully saturated rings. The molecule has 4 aliphatic carbocycles. The zero-order valence-corrected chi connectivity index (χ0v) is 15.7. The number of carbonyl (C=O) groups excluding carboxylic acids is 1. The summed E-state index contributed by atoms with van der Waals surface area (Å²) < 4.78 is 42.3. The molecular formula is C21H29F3O2. The maximum atomic E-state index is 12.5. The Labute approximate surface area is 153 Å². The molecule has 0 unspecified atom stereocenters. The highest BCUT2D eigenvalue weighted by atomic mass is 19.4. The van der Waals surface area contributed by atoms with Gasteiger partial charge in [0, 0.05) is 6.42 Å². The number of allylic oxidation sites excluding steroid dienone is 1. The molecule has 0 bridgehead atoms. The first-order valence-electron chi connectivity index (χ1n) is 10.1. The molecule has 0 heterocycles. The van der Waals surface area contributed by atoms with Gasteiger partial charge in [0.25, 0.3) is 0 Å². The number of halogens is 3. The van der Waals surface area contributed by atoms with Gasteiger partial charge >= 0.3 is 12.1 Å². The number of carbonyl (C=O) groups is 1. The van der Waals surface area contributed by atoms with E-state index < -0.39 is 18.2 Å². The van der Waals surface area contributed by atoms with Crippen molar-refractivity contribution in [3.8, 4) is 0 Å². The number of ether oxygens (including phenoxy) is 1. The summed E-state index contributed by atoms with van der Waals surface area (Å²) in [5, 5.41) is 0. The lowest BCUT2D eigenvalue weighted by Crippen LogP contribution is -2.49. The molecule has 4 rings (SSSR count). The predicted octanol–water partition coefficient (Wildman–Crippen LogP) is 5.81. The van der Waals surface area contributed by atoms with Crippen LogP contribution in [-0.4, -0.2) is 18.2 Å². The Balaban J connectivity index is 1.51. The first-order valence-corrected chi connectivity index (χ1v) is 10.1. The first kappa shape index (κ1) is 18.4. The van der Waals surface area contributed by atoms with Gasteiger partial charge in [-0.15, -0.1) is 0 Å². The van der Waals surface area contributed by atoms with E-state index in [1.54, 1.807) is 0 Å². The van der Waals surface area contributed by atoms with Crippen LogP contribution < -0.4 is 0 Å². The van der Waals surface area contributed by atoms with Crippen LogP contribution in [0, 0.1) is 28.6 Å². The zero-order chi connectivity index (χ0) is 18.7. The van der Waals surface area contributed by atoms with Crippen molar-refractivity contribution in [3.63, 3.8) is 0 Å². The standard InChI is InChI=1S/C21H29F3O2/c1-19-9-3-4-16(19)15-6-5-13-12-14(26-18(25)21(22,23)24)7-11-20(13,2)17(15)8-10-19/h5,14-17H,3-4,6-12H2,1-2H3/t14-,15-,16-,17-,19-,20-/m0/s1. The van der Waals surface area contributed by atoms with Gasteiger partial charge in [-0.1, -0.05) is 31.9 Å². The average Bonchev–Trinajstić information content (AvgIpc) is 2.96. The average molecular weight is 370 g/mol. The minimum absolute atomic E-state index is 0.0774. The van der Waals surface area contributed by atoms with E-state index in [-0.39, 0.29) is 5.41 Å². The van der Waals surface area contributed by atoms with Crippen molar-refractivity contribution in [2.24, 2.45) is 28.6 Å². The van der Waals surface area contributed by atoms with Gasteiger partial charge < -0.3 is 4.74 Å². The van der Waals surface area contributed by atoms with Crippen LogP contribution in [0.25, 0.3) is 0 Å². The molecule has 6 atom stereocenters. The number of esters is 1. The predicted molar refractivity (Wildman–Crippen MR) is 92.3 cm³/mol. The van der Waals surface area contributed by atoms with Crippen LogP contribution in [0.15, 0.2) is 11.6 Å². The smallest absolute Gasteiger partial charge is 0.455 e. The van der Waals surface area contributed by atoms with E-state index in [2.05, 4.69) is 19.9 Å². The van der Waals surface area contributed by atoms with Gasteiger partial charge in [-0.05, 0) is 73.5 Å². The Bertz CT molecular complexity index is 625. The quantitative estimate of drug-likeness (QED) is 0.430. The Hall–Kier alpha value is -1.00. The second-order valence-electron chi connectivity index (χ2n) is 9.61. The maximum Gasteiger partial charge on any atom is 0.490 e. The minimum atomic E-state index is -4.90. The first-order chi connectivity index (χ1) is 12.1. The van der Waals surface area contributed by atoms with Crippen molar-refractivity contribution >= 4 is 5.97 Å². The third kappa shape index (κ3) is 2.80. The van der Waals surface area contributed by atoms with Crippen molar-refractivity contribution in [1.29, 1.82) is 0 Å². The molecule has 146 valence electrons. The monoisotopic (exact) mass is 370 g/mol. The molecule has 4 aliphatic rings. The summed E-state index contributed by atoms with van der Waals surface area (Å²) in [4.78, 5) is 11.2. The van der Waals surface area contributed by atoms with Crippen LogP contribution in [0.2, 0.25) is 0 Å². The maximum absolute atomic E-state index is 12.5. The normalized spacial score (nSPS) is 45.2. The summed E-state index contributed by atoms with van der Waals surface area (Å²) in [6.45, 7) is 4.78. The van der Waals surface area contributed by atoms with Crippen molar-refractivity contribution < 1.29 is 22.7 Å². The molecule has 0 spiro atoms. The zero-order valence-electron chi connectivity index (χ0n) is 15.7. The van der Waals surface area contributed by atoms with Crippen LogP contribution in [0.4, 0.5) is 13.2 Å². The fourth-order valence-electron chi connectivity index (χ4n) is 6.94. The van der Waals surface area contributed by atoms with E-state index in [1.165, 1.54) is 37.7 Å². The highest BCUT2D eigenvalue weighted by Crippen LogP contribution is 2.64. The van der Waals surface area contributed by atoms with Crippen LogP contribution in [0.1, 0.15) is 71.6 Å². The van der Waals surface area contributed by atoms with Crippen LogP contribution in [0.3, 0.4) is 0 Å². The SMILES string of the molecule is C[C@@]12CCC[C@H]1[C@@H]1CC=C3C[C@@H](OC(=O)C(F)(F)F)CC[C@]3(C)[C@H]1CC2. The third-order valence-electron chi connectivity index (χ3n) is 8.35. The van der Waals surface area contributed by atoms with E-state index in [4.69, 9.17) is 4.74 Å². The Morgan fingerprint density at radius 3 is 2.62 bits per heavy atom. The fourth-order valence-corrected chi connectivity index (χ4v) is 6.94. The highest BCUT2D eigenvalue weighted by Gasteiger charge is 2.56. The molecule has 0 aromatic heterocycles. The lowest BCUT2D eigenvalue weighted by molar-refractivity contribution is -0.206. The molecular weight excluding hydrogens is 341 g/mol. The Morgan fingerprint density at radius 2 is 1.88 bits per heavy atom. The summed E-state index contributed by atoms with van der Waals surface area (Å²) in [6, 6.07) is 0. The van der Waals surface area contributed by atoms with Crippen molar-refractivity contribution in [3.05, 3.63) is 11.6 Å². The van der Waals surface area contributed by atoms with Crippen LogP contribution in [-0.2, 0) is 9.53 Å². The van der Waals surface area contributed by atoms with Crippen molar-refractivity contribution in [2.45, 2.75) is 83.9 Å². The molecule has 0 amide bonds. The lowest BCUT2D eigenvalue weighted by Gasteiger charge is -2.57. The van der Waals surface area contributed by atoms with E-state index in [0.29, 0.717) is 24.2 Å². The molecule has 5 heteroatoms. The van der Waals surface area contributed by atoms with E-state index in [1.807, 2.05) is 0 Å². The number of hydrogen-bond donors (Lipinski definition) is 0. The summed E-state index contributed by atoms with van der Waals surface area (Å²) in [7, 11) is 0. The number of alkyl halides is 3. The van der Waals surface area contributed by atoms with Crippen molar-refractivity contribution in [2.75, 3.05) is 0 Å². The fraction of sp³-hybridized carbons (Fsp3) is 0.857. The third-order valence-corrected chi connectivity index (χ3v) is 8.35. The largest absolute Gasteiger partial charge is 0.490 e. The summed E-state index contributed by atoms with van der Waals surface area (Å²) in [5.41, 5.74) is 1.82. The molecule has 0 aliphatic heterocycles. The molecule has 2 nitrogen and oxygen atoms in total. The number of fused-ring (bicyclic) bond motifs is 5. The molecule has 0 radical (unpaired) electrons. The van der Waals surface area contributed by atoms with Gasteiger partial charge in [0.1, 0.15) is 6.10 Å². The Kier molecular flexibility index (Phi) is 4.24. The van der Waals surface area contributed by atoms with Gasteiger partial charge in [-0.25, -0.2) is 4.79 Å². The molecule has 3 saturated carbocycles. The van der Waals surface area contributed by atoms with E-state index in [0.717, 1.165) is 24.7 Å². The van der Waals surface area contributed by atoms with E-state index >= 15 is 0 Å². The Morgan fingerprint density at radius 1 is 1.12 bits per heavy atom. The topological polar surface area (TPSA) is 26.3 Å². The van der Waals surface area contributed by atoms with Gasteiger partial charge in [0.15, 0.2) is 0 Å². The van der Waals surface area contributed by atoms with E-state index in [9.17, 15) is 18.0 Å². The van der Waals surface area contributed by atoms with Crippen LogP contribution in [0.5, 0.6) is 0 Å². The highest BCUT2D eigenvalue weighted by molar-refractivity contribution is 5.75. The molecule has 0 N–H and O–H groups in total. The van der Waals surface area contributed by atoms with Gasteiger partial charge in [-0.2, -0.15) is 13.2 Å². The second-order valence-corrected chi connectivity index (χ2v) is 9.61. The molecule has 0 aromatic rings. The summed E-state index contributed by atoms with van der Waals surface area (Å²) in [5.74, 6) is 0.119. The van der Waals surface area contributed by atoms with Gasteiger partial charge in [0.05, 0.1) is 0 Å².